The maximum absolute atomic E-state index is 12.1. The molecule has 0 aromatic carbocycles. The quantitative estimate of drug-likeness (QED) is 0.322. The van der Waals surface area contributed by atoms with Crippen LogP contribution in [0.5, 0.6) is 0 Å². The van der Waals surface area contributed by atoms with Crippen LogP contribution in [0, 0.1) is 5.92 Å². The van der Waals surface area contributed by atoms with Crippen molar-refractivity contribution in [2.45, 2.75) is 22.0 Å². The average Bonchev–Trinajstić information content (AvgIpc) is 2.69. The number of fused-ring (bicyclic) bond motifs is 2. The number of esters is 1. The van der Waals surface area contributed by atoms with Crippen LogP contribution >= 0.6 is 23.2 Å². The summed E-state index contributed by atoms with van der Waals surface area (Å²) < 4.78 is 14.9. The Hall–Kier alpha value is -0.690. The summed E-state index contributed by atoms with van der Waals surface area (Å²) in [5, 5.41) is 0. The van der Waals surface area contributed by atoms with Crippen molar-refractivity contribution in [1.29, 1.82) is 0 Å². The standard InChI is InChI=1S/C11H12Cl2O6/c1-17-8(16)5-4-9(12)6(14)7(15)10(5,13)11(9,18-2)19-3/h5H,4H2,1-3H3/t5-,9-,10+/m1/s1. The molecule has 0 aliphatic heterocycles. The van der Waals surface area contributed by atoms with Gasteiger partial charge in [-0.1, -0.05) is 0 Å². The number of methoxy groups -OCH3 is 3. The summed E-state index contributed by atoms with van der Waals surface area (Å²) in [7, 11) is 3.58. The third-order valence-corrected chi connectivity index (χ3v) is 5.18. The minimum absolute atomic E-state index is 0.184. The molecule has 2 bridgehead atoms. The Kier molecular flexibility index (Phi) is 3.21. The van der Waals surface area contributed by atoms with Gasteiger partial charge >= 0.3 is 5.97 Å². The Morgan fingerprint density at radius 1 is 1.16 bits per heavy atom. The molecule has 3 atom stereocenters. The molecule has 0 unspecified atom stereocenters. The maximum atomic E-state index is 12.1. The largest absolute Gasteiger partial charge is 0.469 e. The summed E-state index contributed by atoms with van der Waals surface area (Å²) in [4.78, 5) is 32.1. The zero-order chi connectivity index (χ0) is 14.6. The van der Waals surface area contributed by atoms with Gasteiger partial charge in [-0.25, -0.2) is 0 Å². The lowest BCUT2D eigenvalue weighted by molar-refractivity contribution is -0.221. The van der Waals surface area contributed by atoms with Crippen LogP contribution in [-0.2, 0) is 28.6 Å². The third-order valence-electron chi connectivity index (χ3n) is 3.92. The molecule has 6 nitrogen and oxygen atoms in total. The summed E-state index contributed by atoms with van der Waals surface area (Å²) in [6, 6.07) is 0. The Labute approximate surface area is 119 Å². The molecular formula is C11H12Cl2O6. The molecular weight excluding hydrogens is 299 g/mol. The predicted molar refractivity (Wildman–Crippen MR) is 64.1 cm³/mol. The molecule has 0 saturated heterocycles. The number of ether oxygens (including phenoxy) is 3. The van der Waals surface area contributed by atoms with Gasteiger partial charge in [-0.05, 0) is 6.42 Å². The van der Waals surface area contributed by atoms with Gasteiger partial charge in [0.05, 0.1) is 13.0 Å². The van der Waals surface area contributed by atoms with E-state index >= 15 is 0 Å². The minimum Gasteiger partial charge on any atom is -0.469 e. The van der Waals surface area contributed by atoms with E-state index in [1.165, 1.54) is 14.2 Å². The first-order chi connectivity index (χ1) is 8.76. The highest BCUT2D eigenvalue weighted by Gasteiger charge is 2.87. The van der Waals surface area contributed by atoms with Gasteiger partial charge in [0, 0.05) is 14.2 Å². The average molecular weight is 311 g/mol. The summed E-state index contributed by atoms with van der Waals surface area (Å²) in [5.74, 6) is -5.64. The molecule has 2 aliphatic rings. The van der Waals surface area contributed by atoms with Crippen molar-refractivity contribution in [1.82, 2.24) is 0 Å². The van der Waals surface area contributed by atoms with E-state index < -0.39 is 39.0 Å². The summed E-state index contributed by atoms with van der Waals surface area (Å²) >= 11 is 12.5. The van der Waals surface area contributed by atoms with E-state index in [1.54, 1.807) is 0 Å². The first kappa shape index (κ1) is 14.7. The number of hydrogen-bond donors (Lipinski definition) is 0. The highest BCUT2D eigenvalue weighted by atomic mass is 35.5. The number of Topliss-reactive ketones (excluding diaryl/α,β-unsaturated/α-hetero) is 2. The lowest BCUT2D eigenvalue weighted by Gasteiger charge is -2.37. The fourth-order valence-electron chi connectivity index (χ4n) is 3.06. The van der Waals surface area contributed by atoms with Gasteiger partial charge in [0.2, 0.25) is 17.4 Å². The Bertz CT molecular complexity index is 474. The summed E-state index contributed by atoms with van der Waals surface area (Å²) in [6.07, 6.45) is -0.184. The molecule has 106 valence electrons. The van der Waals surface area contributed by atoms with Crippen molar-refractivity contribution in [3.8, 4) is 0 Å². The second-order valence-corrected chi connectivity index (χ2v) is 5.72. The topological polar surface area (TPSA) is 78.9 Å². The molecule has 2 fully saturated rings. The van der Waals surface area contributed by atoms with Gasteiger partial charge in [0.15, 0.2) is 9.75 Å². The molecule has 2 aliphatic carbocycles. The van der Waals surface area contributed by atoms with E-state index in [9.17, 15) is 14.4 Å². The van der Waals surface area contributed by atoms with E-state index in [1.807, 2.05) is 0 Å². The fourth-order valence-corrected chi connectivity index (χ4v) is 4.22. The Morgan fingerprint density at radius 3 is 2.05 bits per heavy atom. The number of carbonyl (C=O) groups is 3. The number of hydrogen-bond acceptors (Lipinski definition) is 6. The van der Waals surface area contributed by atoms with E-state index in [4.69, 9.17) is 32.7 Å². The van der Waals surface area contributed by atoms with Crippen LogP contribution < -0.4 is 0 Å². The van der Waals surface area contributed by atoms with Gasteiger partial charge in [0.25, 0.3) is 0 Å². The van der Waals surface area contributed by atoms with Gasteiger partial charge in [0.1, 0.15) is 0 Å². The zero-order valence-corrected chi connectivity index (χ0v) is 12.0. The Morgan fingerprint density at radius 2 is 1.68 bits per heavy atom. The monoisotopic (exact) mass is 310 g/mol. The second kappa shape index (κ2) is 4.15. The van der Waals surface area contributed by atoms with E-state index in [0.29, 0.717) is 0 Å². The molecule has 0 radical (unpaired) electrons. The molecule has 0 amide bonds. The van der Waals surface area contributed by atoms with Crippen molar-refractivity contribution in [3.63, 3.8) is 0 Å². The lowest BCUT2D eigenvalue weighted by atomic mass is 9.86. The zero-order valence-electron chi connectivity index (χ0n) is 10.5. The molecule has 19 heavy (non-hydrogen) atoms. The van der Waals surface area contributed by atoms with Crippen LogP contribution in [-0.4, -0.2) is 54.4 Å². The SMILES string of the molecule is COC(=O)[C@H]1C[C@@]2(Cl)C(=O)C(=O)[C@]1(Cl)C2(OC)OC. The van der Waals surface area contributed by atoms with E-state index in [0.717, 1.165) is 7.11 Å². The highest BCUT2D eigenvalue weighted by molar-refractivity contribution is 6.66. The van der Waals surface area contributed by atoms with E-state index in [2.05, 4.69) is 4.74 Å². The van der Waals surface area contributed by atoms with Crippen molar-refractivity contribution >= 4 is 40.7 Å². The molecule has 0 heterocycles. The number of ketones is 2. The first-order valence-corrected chi connectivity index (χ1v) is 6.17. The van der Waals surface area contributed by atoms with Crippen LogP contribution in [0.2, 0.25) is 0 Å². The number of carbonyl (C=O) groups excluding carboxylic acids is 3. The molecule has 2 rings (SSSR count). The maximum Gasteiger partial charge on any atom is 0.311 e. The van der Waals surface area contributed by atoms with Crippen LogP contribution in [0.15, 0.2) is 0 Å². The smallest absolute Gasteiger partial charge is 0.311 e. The summed E-state index contributed by atoms with van der Waals surface area (Å²) in [5.41, 5.74) is 0. The first-order valence-electron chi connectivity index (χ1n) is 5.42. The molecule has 8 heteroatoms. The van der Waals surface area contributed by atoms with Crippen molar-refractivity contribution < 1.29 is 28.6 Å². The summed E-state index contributed by atoms with van der Waals surface area (Å²) in [6.45, 7) is 0. The molecule has 0 aromatic rings. The predicted octanol–water partition coefficient (Wildman–Crippen LogP) is 0.275. The van der Waals surface area contributed by atoms with Crippen molar-refractivity contribution in [3.05, 3.63) is 0 Å². The van der Waals surface area contributed by atoms with Gasteiger partial charge < -0.3 is 14.2 Å². The number of alkyl halides is 2. The highest BCUT2D eigenvalue weighted by Crippen LogP contribution is 2.65. The van der Waals surface area contributed by atoms with Crippen LogP contribution in [0.25, 0.3) is 0 Å². The number of halogens is 2. The fraction of sp³-hybridized carbons (Fsp3) is 0.727. The third kappa shape index (κ3) is 1.28. The van der Waals surface area contributed by atoms with Crippen molar-refractivity contribution in [2.24, 2.45) is 5.92 Å². The Balaban J connectivity index is 2.68. The van der Waals surface area contributed by atoms with Crippen LogP contribution in [0.4, 0.5) is 0 Å². The number of rotatable bonds is 3. The van der Waals surface area contributed by atoms with Gasteiger partial charge in [-0.3, -0.25) is 14.4 Å². The molecule has 0 spiro atoms. The normalized spacial score (nSPS) is 39.7. The minimum atomic E-state index is -2.01. The van der Waals surface area contributed by atoms with E-state index in [-0.39, 0.29) is 6.42 Å². The molecule has 0 aromatic heterocycles. The molecule has 2 saturated carbocycles. The van der Waals surface area contributed by atoms with Crippen LogP contribution in [0.1, 0.15) is 6.42 Å². The van der Waals surface area contributed by atoms with Gasteiger partial charge in [-0.15, -0.1) is 23.2 Å². The van der Waals surface area contributed by atoms with Crippen molar-refractivity contribution in [2.75, 3.05) is 21.3 Å². The molecule has 0 N–H and O–H groups in total. The second-order valence-electron chi connectivity index (χ2n) is 4.48. The van der Waals surface area contributed by atoms with Crippen LogP contribution in [0.3, 0.4) is 0 Å². The van der Waals surface area contributed by atoms with Gasteiger partial charge in [-0.2, -0.15) is 0 Å². The lowest BCUT2D eigenvalue weighted by Crippen LogP contribution is -2.58.